The van der Waals surface area contributed by atoms with Gasteiger partial charge in [-0.15, -0.1) is 0 Å². The van der Waals surface area contributed by atoms with E-state index in [9.17, 15) is 4.79 Å². The SMILES string of the molecule is Cc1ccccc1Cn1nc(C)c(NC(=O)c2cc(-c3ccc(Cl)cc3)on2)c1C. The summed E-state index contributed by atoms with van der Waals surface area (Å²) < 4.78 is 7.23. The number of hydrogen-bond donors (Lipinski definition) is 1. The molecular weight excluding hydrogens is 400 g/mol. The second kappa shape index (κ2) is 8.16. The summed E-state index contributed by atoms with van der Waals surface area (Å²) in [6, 6.07) is 16.9. The van der Waals surface area contributed by atoms with Crippen molar-refractivity contribution in [1.82, 2.24) is 14.9 Å². The average molecular weight is 421 g/mol. The number of benzene rings is 2. The van der Waals surface area contributed by atoms with Crippen LogP contribution in [-0.2, 0) is 6.54 Å². The summed E-state index contributed by atoms with van der Waals surface area (Å²) in [5.74, 6) is 0.154. The van der Waals surface area contributed by atoms with Crippen LogP contribution in [0.2, 0.25) is 5.02 Å². The highest BCUT2D eigenvalue weighted by molar-refractivity contribution is 6.30. The first kappa shape index (κ1) is 19.9. The Labute approximate surface area is 179 Å². The molecule has 30 heavy (non-hydrogen) atoms. The molecule has 0 aliphatic carbocycles. The number of hydrogen-bond acceptors (Lipinski definition) is 4. The molecule has 2 aromatic heterocycles. The van der Waals surface area contributed by atoms with Gasteiger partial charge in [0, 0.05) is 16.7 Å². The molecule has 0 saturated heterocycles. The molecular formula is C23H21ClN4O2. The van der Waals surface area contributed by atoms with Gasteiger partial charge in [-0.25, -0.2) is 0 Å². The highest BCUT2D eigenvalue weighted by Gasteiger charge is 2.19. The van der Waals surface area contributed by atoms with Crippen LogP contribution in [0.5, 0.6) is 0 Å². The number of halogens is 1. The predicted molar refractivity (Wildman–Crippen MR) is 117 cm³/mol. The van der Waals surface area contributed by atoms with Crippen LogP contribution in [0.3, 0.4) is 0 Å². The van der Waals surface area contributed by atoms with E-state index in [0.29, 0.717) is 23.0 Å². The van der Waals surface area contributed by atoms with E-state index in [1.54, 1.807) is 18.2 Å². The van der Waals surface area contributed by atoms with E-state index >= 15 is 0 Å². The van der Waals surface area contributed by atoms with Gasteiger partial charge in [0.15, 0.2) is 11.5 Å². The quantitative estimate of drug-likeness (QED) is 0.468. The standard InChI is InChI=1S/C23H21ClN4O2/c1-14-6-4-5-7-18(14)13-28-16(3)22(15(2)26-28)25-23(29)20-12-21(30-27-20)17-8-10-19(24)11-9-17/h4-12H,13H2,1-3H3,(H,25,29). The van der Waals surface area contributed by atoms with Gasteiger partial charge in [-0.1, -0.05) is 41.0 Å². The maximum Gasteiger partial charge on any atom is 0.277 e. The summed E-state index contributed by atoms with van der Waals surface area (Å²) in [7, 11) is 0. The lowest BCUT2D eigenvalue weighted by atomic mass is 10.1. The minimum atomic E-state index is -0.347. The molecule has 0 aliphatic rings. The fraction of sp³-hybridized carbons (Fsp3) is 0.174. The minimum Gasteiger partial charge on any atom is -0.355 e. The number of nitrogens with zero attached hydrogens (tertiary/aromatic N) is 3. The lowest BCUT2D eigenvalue weighted by Crippen LogP contribution is -2.13. The summed E-state index contributed by atoms with van der Waals surface area (Å²) in [5.41, 5.74) is 5.69. The van der Waals surface area contributed by atoms with Crippen molar-refractivity contribution in [1.29, 1.82) is 0 Å². The number of aryl methyl sites for hydroxylation is 2. The fourth-order valence-corrected chi connectivity index (χ4v) is 3.42. The Balaban J connectivity index is 1.53. The minimum absolute atomic E-state index is 0.199. The highest BCUT2D eigenvalue weighted by atomic mass is 35.5. The van der Waals surface area contributed by atoms with Gasteiger partial charge >= 0.3 is 0 Å². The smallest absolute Gasteiger partial charge is 0.277 e. The van der Waals surface area contributed by atoms with E-state index in [2.05, 4.69) is 34.6 Å². The number of carbonyl (C=O) groups excluding carboxylic acids is 1. The van der Waals surface area contributed by atoms with Gasteiger partial charge in [0.1, 0.15) is 0 Å². The van der Waals surface area contributed by atoms with Gasteiger partial charge in [0.2, 0.25) is 0 Å². The Morgan fingerprint density at radius 1 is 1.10 bits per heavy atom. The van der Waals surface area contributed by atoms with E-state index in [1.807, 2.05) is 42.8 Å². The van der Waals surface area contributed by atoms with E-state index in [4.69, 9.17) is 16.1 Å². The highest BCUT2D eigenvalue weighted by Crippen LogP contribution is 2.25. The molecule has 0 spiro atoms. The summed E-state index contributed by atoms with van der Waals surface area (Å²) in [6.45, 7) is 6.53. The fourth-order valence-electron chi connectivity index (χ4n) is 3.29. The number of carbonyl (C=O) groups is 1. The summed E-state index contributed by atoms with van der Waals surface area (Å²) >= 11 is 5.92. The van der Waals surface area contributed by atoms with Crippen LogP contribution in [-0.4, -0.2) is 20.8 Å². The van der Waals surface area contributed by atoms with Gasteiger partial charge in [-0.3, -0.25) is 9.48 Å². The zero-order valence-corrected chi connectivity index (χ0v) is 17.7. The Morgan fingerprint density at radius 3 is 2.57 bits per heavy atom. The third-order valence-electron chi connectivity index (χ3n) is 5.07. The van der Waals surface area contributed by atoms with E-state index < -0.39 is 0 Å². The molecule has 1 amide bonds. The van der Waals surface area contributed by atoms with Crippen LogP contribution in [0.1, 0.15) is 33.0 Å². The first-order valence-electron chi connectivity index (χ1n) is 9.55. The van der Waals surface area contributed by atoms with E-state index in [0.717, 1.165) is 17.0 Å². The summed E-state index contributed by atoms with van der Waals surface area (Å²) in [5, 5.41) is 12.1. The Morgan fingerprint density at radius 2 is 1.83 bits per heavy atom. The third-order valence-corrected chi connectivity index (χ3v) is 5.32. The van der Waals surface area contributed by atoms with Crippen LogP contribution < -0.4 is 5.32 Å². The van der Waals surface area contributed by atoms with Crippen molar-refractivity contribution >= 4 is 23.2 Å². The molecule has 0 saturated carbocycles. The molecule has 1 N–H and O–H groups in total. The normalized spacial score (nSPS) is 10.9. The number of aromatic nitrogens is 3. The zero-order valence-electron chi connectivity index (χ0n) is 16.9. The Hall–Kier alpha value is -3.38. The van der Waals surface area contributed by atoms with Gasteiger partial charge in [0.25, 0.3) is 5.91 Å². The molecule has 0 unspecified atom stereocenters. The van der Waals surface area contributed by atoms with Crippen LogP contribution in [0, 0.1) is 20.8 Å². The van der Waals surface area contributed by atoms with Crippen molar-refractivity contribution < 1.29 is 9.32 Å². The number of amides is 1. The average Bonchev–Trinajstić information content (AvgIpc) is 3.32. The molecule has 0 radical (unpaired) electrons. The summed E-state index contributed by atoms with van der Waals surface area (Å²) in [4.78, 5) is 12.7. The largest absolute Gasteiger partial charge is 0.355 e. The van der Waals surface area contributed by atoms with Gasteiger partial charge in [-0.05, 0) is 56.2 Å². The Kier molecular flexibility index (Phi) is 5.42. The second-order valence-electron chi connectivity index (χ2n) is 7.17. The molecule has 2 heterocycles. The molecule has 4 aromatic rings. The van der Waals surface area contributed by atoms with Gasteiger partial charge in [-0.2, -0.15) is 5.10 Å². The van der Waals surface area contributed by atoms with Crippen LogP contribution in [0.25, 0.3) is 11.3 Å². The zero-order chi connectivity index (χ0) is 21.3. The van der Waals surface area contributed by atoms with Crippen LogP contribution in [0.4, 0.5) is 5.69 Å². The van der Waals surface area contributed by atoms with Crippen LogP contribution in [0.15, 0.2) is 59.1 Å². The van der Waals surface area contributed by atoms with E-state index in [1.165, 1.54) is 11.1 Å². The molecule has 2 aromatic carbocycles. The van der Waals surface area contributed by atoms with Crippen molar-refractivity contribution in [2.24, 2.45) is 0 Å². The number of anilines is 1. The van der Waals surface area contributed by atoms with Crippen LogP contribution >= 0.6 is 11.6 Å². The molecule has 0 bridgehead atoms. The maximum absolute atomic E-state index is 12.7. The van der Waals surface area contributed by atoms with Crippen molar-refractivity contribution in [2.75, 3.05) is 5.32 Å². The number of nitrogens with one attached hydrogen (secondary N) is 1. The van der Waals surface area contributed by atoms with Gasteiger partial charge in [0.05, 0.1) is 23.6 Å². The van der Waals surface area contributed by atoms with Crippen molar-refractivity contribution in [2.45, 2.75) is 27.3 Å². The summed E-state index contributed by atoms with van der Waals surface area (Å²) in [6.07, 6.45) is 0. The third kappa shape index (κ3) is 4.00. The lowest BCUT2D eigenvalue weighted by Gasteiger charge is -2.08. The van der Waals surface area contributed by atoms with Gasteiger partial charge < -0.3 is 9.84 Å². The Bertz CT molecular complexity index is 1210. The first-order valence-corrected chi connectivity index (χ1v) is 9.92. The second-order valence-corrected chi connectivity index (χ2v) is 7.60. The molecule has 0 atom stereocenters. The molecule has 152 valence electrons. The number of rotatable bonds is 5. The van der Waals surface area contributed by atoms with E-state index in [-0.39, 0.29) is 11.6 Å². The molecule has 0 aliphatic heterocycles. The molecule has 4 rings (SSSR count). The monoisotopic (exact) mass is 420 g/mol. The predicted octanol–water partition coefficient (Wildman–Crippen LogP) is 5.42. The first-order chi connectivity index (χ1) is 14.4. The van der Waals surface area contributed by atoms with Crippen molar-refractivity contribution in [3.8, 4) is 11.3 Å². The molecule has 6 nitrogen and oxygen atoms in total. The molecule has 7 heteroatoms. The van der Waals surface area contributed by atoms with Crippen molar-refractivity contribution in [3.05, 3.63) is 87.8 Å². The van der Waals surface area contributed by atoms with Crippen molar-refractivity contribution in [3.63, 3.8) is 0 Å². The topological polar surface area (TPSA) is 73.0 Å². The lowest BCUT2D eigenvalue weighted by molar-refractivity contribution is 0.101. The maximum atomic E-state index is 12.7. The molecule has 0 fully saturated rings.